The second kappa shape index (κ2) is 8.96. The standard InChI is InChI=1S/C22H17F4N7O/c1-12-3-4-16(29-9-12)15-7-14(20(34)32-13(2)17-10-27-5-6-28-17)8-18(19(15)23)33-21(22(24,25)26)30-11-31-33/h3-11,13H,1-2H3,(H,32,34). The lowest BCUT2D eigenvalue weighted by Crippen LogP contribution is -2.27. The van der Waals surface area contributed by atoms with E-state index in [0.717, 1.165) is 11.6 Å². The van der Waals surface area contributed by atoms with Crippen molar-refractivity contribution in [1.82, 2.24) is 35.0 Å². The molecule has 3 aromatic heterocycles. The summed E-state index contributed by atoms with van der Waals surface area (Å²) in [4.78, 5) is 28.4. The van der Waals surface area contributed by atoms with Crippen molar-refractivity contribution in [2.24, 2.45) is 0 Å². The lowest BCUT2D eigenvalue weighted by molar-refractivity contribution is -0.146. The molecule has 1 unspecified atom stereocenters. The lowest BCUT2D eigenvalue weighted by Gasteiger charge is -2.16. The highest BCUT2D eigenvalue weighted by atomic mass is 19.4. The number of nitrogens with one attached hydrogen (secondary N) is 1. The minimum absolute atomic E-state index is 0.104. The normalized spacial score (nSPS) is 12.4. The second-order valence-electron chi connectivity index (χ2n) is 7.40. The topological polar surface area (TPSA) is 98.5 Å². The summed E-state index contributed by atoms with van der Waals surface area (Å²) in [6, 6.07) is 4.80. The Bertz CT molecular complexity index is 1320. The number of amides is 1. The Labute approximate surface area is 190 Å². The third-order valence-electron chi connectivity index (χ3n) is 4.91. The van der Waals surface area contributed by atoms with Crippen molar-refractivity contribution in [2.45, 2.75) is 26.1 Å². The molecule has 0 fully saturated rings. The van der Waals surface area contributed by atoms with Crippen LogP contribution in [0.25, 0.3) is 16.9 Å². The van der Waals surface area contributed by atoms with Crippen LogP contribution in [0.2, 0.25) is 0 Å². The Hall–Kier alpha value is -4.22. The van der Waals surface area contributed by atoms with Crippen LogP contribution in [0, 0.1) is 12.7 Å². The number of pyridine rings is 1. The maximum absolute atomic E-state index is 15.5. The number of rotatable bonds is 5. The molecule has 0 aliphatic carbocycles. The second-order valence-corrected chi connectivity index (χ2v) is 7.40. The van der Waals surface area contributed by atoms with Gasteiger partial charge < -0.3 is 5.32 Å². The minimum Gasteiger partial charge on any atom is -0.344 e. The molecule has 0 radical (unpaired) electrons. The molecule has 1 N–H and O–H groups in total. The molecule has 0 spiro atoms. The Morgan fingerprint density at radius 2 is 1.88 bits per heavy atom. The molecule has 0 bridgehead atoms. The van der Waals surface area contributed by atoms with Gasteiger partial charge in [0.1, 0.15) is 12.0 Å². The summed E-state index contributed by atoms with van der Waals surface area (Å²) in [5, 5.41) is 6.23. The van der Waals surface area contributed by atoms with Crippen LogP contribution in [0.1, 0.15) is 40.4 Å². The number of hydrogen-bond acceptors (Lipinski definition) is 6. The van der Waals surface area contributed by atoms with E-state index in [2.05, 4.69) is 30.4 Å². The molecule has 174 valence electrons. The summed E-state index contributed by atoms with van der Waals surface area (Å²) in [5.41, 5.74) is 0.532. The molecular weight excluding hydrogens is 454 g/mol. The number of hydrogen-bond donors (Lipinski definition) is 1. The van der Waals surface area contributed by atoms with Crippen LogP contribution in [-0.4, -0.2) is 35.6 Å². The molecule has 1 atom stereocenters. The number of halogens is 4. The van der Waals surface area contributed by atoms with E-state index in [4.69, 9.17) is 0 Å². The van der Waals surface area contributed by atoms with Gasteiger partial charge in [0.25, 0.3) is 5.91 Å². The zero-order chi connectivity index (χ0) is 24.5. The lowest BCUT2D eigenvalue weighted by atomic mass is 10.0. The van der Waals surface area contributed by atoms with Crippen LogP contribution in [0.5, 0.6) is 0 Å². The van der Waals surface area contributed by atoms with Crippen LogP contribution in [0.3, 0.4) is 0 Å². The predicted octanol–water partition coefficient (Wildman–Crippen LogP) is 4.08. The van der Waals surface area contributed by atoms with Gasteiger partial charge in [-0.3, -0.25) is 19.7 Å². The summed E-state index contributed by atoms with van der Waals surface area (Å²) >= 11 is 0. The summed E-state index contributed by atoms with van der Waals surface area (Å²) in [5.74, 6) is -3.13. The first kappa shape index (κ1) is 23.0. The first-order valence-electron chi connectivity index (χ1n) is 9.96. The van der Waals surface area contributed by atoms with E-state index < -0.39 is 35.5 Å². The van der Waals surface area contributed by atoms with Crippen molar-refractivity contribution >= 4 is 5.91 Å². The van der Waals surface area contributed by atoms with Gasteiger partial charge in [0.2, 0.25) is 5.82 Å². The summed E-state index contributed by atoms with van der Waals surface area (Å²) in [6.07, 6.45) is 1.64. The fourth-order valence-corrected chi connectivity index (χ4v) is 3.21. The van der Waals surface area contributed by atoms with Gasteiger partial charge >= 0.3 is 6.18 Å². The number of nitrogens with zero attached hydrogens (tertiary/aromatic N) is 6. The van der Waals surface area contributed by atoms with Crippen molar-refractivity contribution in [3.05, 3.63) is 83.8 Å². The van der Waals surface area contributed by atoms with E-state index in [-0.39, 0.29) is 16.8 Å². The van der Waals surface area contributed by atoms with E-state index in [1.54, 1.807) is 19.9 Å². The number of alkyl halides is 3. The summed E-state index contributed by atoms with van der Waals surface area (Å²) in [6.45, 7) is 3.44. The highest BCUT2D eigenvalue weighted by molar-refractivity contribution is 5.96. The van der Waals surface area contributed by atoms with Gasteiger partial charge in [0, 0.05) is 29.7 Å². The van der Waals surface area contributed by atoms with Gasteiger partial charge in [-0.15, -0.1) is 0 Å². The molecule has 12 heteroatoms. The van der Waals surface area contributed by atoms with E-state index in [9.17, 15) is 18.0 Å². The van der Waals surface area contributed by atoms with Crippen LogP contribution in [0.15, 0.2) is 55.4 Å². The zero-order valence-electron chi connectivity index (χ0n) is 17.9. The quantitative estimate of drug-likeness (QED) is 0.441. The molecule has 0 aliphatic rings. The highest BCUT2D eigenvalue weighted by Crippen LogP contribution is 2.33. The molecule has 1 amide bonds. The Kier molecular flexibility index (Phi) is 6.05. The summed E-state index contributed by atoms with van der Waals surface area (Å²) < 4.78 is 56.1. The SMILES string of the molecule is Cc1ccc(-c2cc(C(=O)NC(C)c3cnccn3)cc(-n3ncnc3C(F)(F)F)c2F)nc1. The van der Waals surface area contributed by atoms with E-state index in [1.807, 2.05) is 0 Å². The number of aromatic nitrogens is 6. The molecule has 0 saturated heterocycles. The number of benzene rings is 1. The Morgan fingerprint density at radius 1 is 1.09 bits per heavy atom. The van der Waals surface area contributed by atoms with Crippen molar-refractivity contribution in [1.29, 1.82) is 0 Å². The van der Waals surface area contributed by atoms with Gasteiger partial charge in [0.15, 0.2) is 5.82 Å². The van der Waals surface area contributed by atoms with Crippen molar-refractivity contribution in [3.8, 4) is 16.9 Å². The number of carbonyl (C=O) groups is 1. The summed E-state index contributed by atoms with van der Waals surface area (Å²) in [7, 11) is 0. The smallest absolute Gasteiger partial charge is 0.344 e. The van der Waals surface area contributed by atoms with Gasteiger partial charge in [-0.1, -0.05) is 6.07 Å². The van der Waals surface area contributed by atoms with Crippen LogP contribution in [0.4, 0.5) is 17.6 Å². The Morgan fingerprint density at radius 3 is 2.53 bits per heavy atom. The molecule has 3 heterocycles. The maximum atomic E-state index is 15.5. The zero-order valence-corrected chi connectivity index (χ0v) is 17.9. The van der Waals surface area contributed by atoms with Crippen molar-refractivity contribution in [2.75, 3.05) is 0 Å². The first-order valence-corrected chi connectivity index (χ1v) is 9.96. The molecular formula is C22H17F4N7O. The average molecular weight is 471 g/mol. The third kappa shape index (κ3) is 4.60. The molecule has 1 aromatic carbocycles. The molecule has 8 nitrogen and oxygen atoms in total. The van der Waals surface area contributed by atoms with Crippen LogP contribution >= 0.6 is 0 Å². The molecule has 4 aromatic rings. The van der Waals surface area contributed by atoms with E-state index in [0.29, 0.717) is 16.7 Å². The molecule has 0 saturated carbocycles. The maximum Gasteiger partial charge on any atom is 0.451 e. The Balaban J connectivity index is 1.83. The fourth-order valence-electron chi connectivity index (χ4n) is 3.21. The molecule has 4 rings (SSSR count). The van der Waals surface area contributed by atoms with Crippen LogP contribution < -0.4 is 5.32 Å². The van der Waals surface area contributed by atoms with Gasteiger partial charge in [-0.25, -0.2) is 14.1 Å². The van der Waals surface area contributed by atoms with Gasteiger partial charge in [-0.05, 0) is 37.6 Å². The largest absolute Gasteiger partial charge is 0.451 e. The van der Waals surface area contributed by atoms with Crippen LogP contribution in [-0.2, 0) is 6.18 Å². The first-order chi connectivity index (χ1) is 16.1. The number of aryl methyl sites for hydroxylation is 1. The van der Waals surface area contributed by atoms with E-state index in [1.165, 1.54) is 36.9 Å². The molecule has 0 aliphatic heterocycles. The fraction of sp³-hybridized carbons (Fsp3) is 0.182. The molecule has 34 heavy (non-hydrogen) atoms. The minimum atomic E-state index is -4.90. The van der Waals surface area contributed by atoms with Gasteiger partial charge in [0.05, 0.1) is 23.6 Å². The van der Waals surface area contributed by atoms with E-state index >= 15 is 4.39 Å². The monoisotopic (exact) mass is 471 g/mol. The average Bonchev–Trinajstić information content (AvgIpc) is 3.31. The van der Waals surface area contributed by atoms with Crippen molar-refractivity contribution in [3.63, 3.8) is 0 Å². The highest BCUT2D eigenvalue weighted by Gasteiger charge is 2.38. The number of carbonyl (C=O) groups excluding carboxylic acids is 1. The predicted molar refractivity (Wildman–Crippen MR) is 112 cm³/mol. The van der Waals surface area contributed by atoms with Gasteiger partial charge in [-0.2, -0.15) is 18.3 Å². The van der Waals surface area contributed by atoms with Crippen molar-refractivity contribution < 1.29 is 22.4 Å². The third-order valence-corrected chi connectivity index (χ3v) is 4.91.